The molecule has 1 heterocycles. The van der Waals surface area contributed by atoms with Crippen molar-refractivity contribution in [2.75, 3.05) is 0 Å². The summed E-state index contributed by atoms with van der Waals surface area (Å²) < 4.78 is 1.96. The van der Waals surface area contributed by atoms with Crippen LogP contribution in [-0.4, -0.2) is 25.8 Å². The minimum absolute atomic E-state index is 0.307. The van der Waals surface area contributed by atoms with E-state index >= 15 is 0 Å². The van der Waals surface area contributed by atoms with Crippen molar-refractivity contribution in [3.8, 4) is 23.5 Å². The molecular formula is C27H29N3O2. The van der Waals surface area contributed by atoms with Gasteiger partial charge in [0.15, 0.2) is 5.82 Å². The van der Waals surface area contributed by atoms with Crippen LogP contribution in [0.5, 0.6) is 0 Å². The second-order valence-electron chi connectivity index (χ2n) is 8.55. The van der Waals surface area contributed by atoms with Crippen LogP contribution in [0.25, 0.3) is 11.1 Å². The zero-order valence-electron chi connectivity index (χ0n) is 18.3. The lowest BCUT2D eigenvalue weighted by Crippen LogP contribution is -2.10. The highest BCUT2D eigenvalue weighted by molar-refractivity contribution is 5.95. The van der Waals surface area contributed by atoms with Crippen LogP contribution in [0.3, 0.4) is 0 Å². The molecule has 0 radical (unpaired) electrons. The smallest absolute Gasteiger partial charge is 0.336 e. The summed E-state index contributed by atoms with van der Waals surface area (Å²) in [7, 11) is 0. The molecule has 3 aromatic rings. The third kappa shape index (κ3) is 5.26. The number of rotatable bonds is 8. The number of carboxylic acids is 1. The Morgan fingerprint density at radius 2 is 1.84 bits per heavy atom. The first kappa shape index (κ1) is 21.8. The van der Waals surface area contributed by atoms with Crippen LogP contribution in [0.2, 0.25) is 0 Å². The Morgan fingerprint density at radius 3 is 2.56 bits per heavy atom. The molecule has 0 spiro atoms. The standard InChI is InChI=1S/C27H29N3O2/c1-2-3-17-30-26(28-25(29-30)18-20-9-5-4-6-10-20)19-21-13-15-22(16-14-21)23-11-7-8-12-24(23)27(31)32/h1,7-8,11-16,20H,3-6,9-10,17-19H2,(H,31,32). The molecule has 1 aliphatic rings. The molecule has 0 saturated heterocycles. The molecule has 1 fully saturated rings. The number of carboxylic acid groups (broad SMARTS) is 1. The summed E-state index contributed by atoms with van der Waals surface area (Å²) in [6.45, 7) is 0.674. The first-order chi connectivity index (χ1) is 15.6. The molecule has 164 valence electrons. The summed E-state index contributed by atoms with van der Waals surface area (Å²) in [5.74, 6) is 4.33. The van der Waals surface area contributed by atoms with Gasteiger partial charge in [-0.2, -0.15) is 5.10 Å². The van der Waals surface area contributed by atoms with E-state index in [9.17, 15) is 9.90 Å². The van der Waals surface area contributed by atoms with Crippen molar-refractivity contribution in [2.24, 2.45) is 5.92 Å². The van der Waals surface area contributed by atoms with Gasteiger partial charge < -0.3 is 5.11 Å². The molecule has 0 atom stereocenters. The van der Waals surface area contributed by atoms with E-state index in [-0.39, 0.29) is 0 Å². The summed E-state index contributed by atoms with van der Waals surface area (Å²) in [4.78, 5) is 16.4. The Labute approximate surface area is 189 Å². The van der Waals surface area contributed by atoms with Crippen molar-refractivity contribution in [2.45, 2.75) is 57.9 Å². The zero-order chi connectivity index (χ0) is 22.3. The van der Waals surface area contributed by atoms with E-state index in [2.05, 4.69) is 5.92 Å². The number of nitrogens with zero attached hydrogens (tertiary/aromatic N) is 3. The fraction of sp³-hybridized carbons (Fsp3) is 0.370. The number of hydrogen-bond acceptors (Lipinski definition) is 3. The minimum atomic E-state index is -0.920. The third-order valence-electron chi connectivity index (χ3n) is 6.24. The van der Waals surface area contributed by atoms with Gasteiger partial charge in [0, 0.05) is 19.3 Å². The van der Waals surface area contributed by atoms with Crippen molar-refractivity contribution >= 4 is 5.97 Å². The summed E-state index contributed by atoms with van der Waals surface area (Å²) >= 11 is 0. The molecule has 1 aromatic heterocycles. The van der Waals surface area contributed by atoms with Crippen molar-refractivity contribution in [3.05, 3.63) is 71.3 Å². The van der Waals surface area contributed by atoms with Crippen LogP contribution in [0, 0.1) is 18.3 Å². The average molecular weight is 428 g/mol. The van der Waals surface area contributed by atoms with Gasteiger partial charge in [0.25, 0.3) is 0 Å². The van der Waals surface area contributed by atoms with E-state index in [1.54, 1.807) is 12.1 Å². The van der Waals surface area contributed by atoms with Crippen LogP contribution >= 0.6 is 0 Å². The highest BCUT2D eigenvalue weighted by Gasteiger charge is 2.18. The average Bonchev–Trinajstić information content (AvgIpc) is 3.19. The lowest BCUT2D eigenvalue weighted by Gasteiger charge is -2.19. The van der Waals surface area contributed by atoms with Gasteiger partial charge in [0.1, 0.15) is 5.82 Å². The fourth-order valence-electron chi connectivity index (χ4n) is 4.55. The molecule has 1 saturated carbocycles. The first-order valence-corrected chi connectivity index (χ1v) is 11.4. The topological polar surface area (TPSA) is 68.0 Å². The van der Waals surface area contributed by atoms with Crippen LogP contribution in [-0.2, 0) is 19.4 Å². The van der Waals surface area contributed by atoms with Crippen LogP contribution < -0.4 is 0 Å². The third-order valence-corrected chi connectivity index (χ3v) is 6.24. The molecule has 0 aliphatic heterocycles. The van der Waals surface area contributed by atoms with Crippen LogP contribution in [0.15, 0.2) is 48.5 Å². The summed E-state index contributed by atoms with van der Waals surface area (Å²) in [5, 5.41) is 14.2. The molecule has 32 heavy (non-hydrogen) atoms. The predicted molar refractivity (Wildman–Crippen MR) is 125 cm³/mol. The summed E-state index contributed by atoms with van der Waals surface area (Å²) in [6.07, 6.45) is 14.2. The highest BCUT2D eigenvalue weighted by atomic mass is 16.4. The number of carbonyl (C=O) groups is 1. The number of aromatic nitrogens is 3. The molecule has 5 heteroatoms. The van der Waals surface area contributed by atoms with Crippen LogP contribution in [0.1, 0.15) is 66.1 Å². The van der Waals surface area contributed by atoms with Gasteiger partial charge in [-0.3, -0.25) is 0 Å². The quantitative estimate of drug-likeness (QED) is 0.490. The van der Waals surface area contributed by atoms with E-state index in [0.29, 0.717) is 30.9 Å². The molecule has 2 aromatic carbocycles. The zero-order valence-corrected chi connectivity index (χ0v) is 18.3. The van der Waals surface area contributed by atoms with Crippen molar-refractivity contribution in [1.82, 2.24) is 14.8 Å². The molecule has 0 unspecified atom stereocenters. The van der Waals surface area contributed by atoms with E-state index in [0.717, 1.165) is 34.8 Å². The molecule has 1 aliphatic carbocycles. The van der Waals surface area contributed by atoms with Gasteiger partial charge in [-0.1, -0.05) is 74.6 Å². The van der Waals surface area contributed by atoms with E-state index in [1.807, 2.05) is 41.1 Å². The Morgan fingerprint density at radius 1 is 1.09 bits per heavy atom. The lowest BCUT2D eigenvalue weighted by molar-refractivity contribution is 0.0697. The Balaban J connectivity index is 1.52. The summed E-state index contributed by atoms with van der Waals surface area (Å²) in [5.41, 5.74) is 3.03. The van der Waals surface area contributed by atoms with Crippen molar-refractivity contribution < 1.29 is 9.90 Å². The Hall–Kier alpha value is -3.39. The second kappa shape index (κ2) is 10.3. The molecule has 0 bridgehead atoms. The molecule has 4 rings (SSSR count). The molecule has 1 N–H and O–H groups in total. The van der Waals surface area contributed by atoms with Crippen molar-refractivity contribution in [3.63, 3.8) is 0 Å². The largest absolute Gasteiger partial charge is 0.478 e. The molecule has 0 amide bonds. The maximum Gasteiger partial charge on any atom is 0.336 e. The van der Waals surface area contributed by atoms with Gasteiger partial charge in [0.05, 0.1) is 12.1 Å². The Bertz CT molecular complexity index is 1100. The number of benzene rings is 2. The van der Waals surface area contributed by atoms with Gasteiger partial charge in [-0.15, -0.1) is 12.3 Å². The van der Waals surface area contributed by atoms with Gasteiger partial charge in [0.2, 0.25) is 0 Å². The second-order valence-corrected chi connectivity index (χ2v) is 8.55. The van der Waals surface area contributed by atoms with E-state index < -0.39 is 5.97 Å². The SMILES string of the molecule is C#CCCn1nc(CC2CCCCC2)nc1Cc1ccc(-c2ccccc2C(=O)O)cc1. The monoisotopic (exact) mass is 427 g/mol. The van der Waals surface area contributed by atoms with Crippen molar-refractivity contribution in [1.29, 1.82) is 0 Å². The predicted octanol–water partition coefficient (Wildman–Crippen LogP) is 5.38. The minimum Gasteiger partial charge on any atom is -0.478 e. The number of hydrogen-bond donors (Lipinski definition) is 1. The highest BCUT2D eigenvalue weighted by Crippen LogP contribution is 2.27. The van der Waals surface area contributed by atoms with E-state index in [4.69, 9.17) is 16.5 Å². The van der Waals surface area contributed by atoms with Crippen LogP contribution in [0.4, 0.5) is 0 Å². The normalized spacial score (nSPS) is 14.2. The van der Waals surface area contributed by atoms with Gasteiger partial charge in [-0.25, -0.2) is 14.5 Å². The van der Waals surface area contributed by atoms with Gasteiger partial charge in [-0.05, 0) is 28.7 Å². The fourth-order valence-corrected chi connectivity index (χ4v) is 4.55. The molecule has 5 nitrogen and oxygen atoms in total. The number of aryl methyl sites for hydroxylation is 1. The Kier molecular flexibility index (Phi) is 7.01. The maximum absolute atomic E-state index is 11.5. The number of terminal acetylenes is 1. The first-order valence-electron chi connectivity index (χ1n) is 11.4. The number of aromatic carboxylic acids is 1. The lowest BCUT2D eigenvalue weighted by atomic mass is 9.87. The van der Waals surface area contributed by atoms with E-state index in [1.165, 1.54) is 32.1 Å². The van der Waals surface area contributed by atoms with Gasteiger partial charge >= 0.3 is 5.97 Å². The maximum atomic E-state index is 11.5. The summed E-state index contributed by atoms with van der Waals surface area (Å²) in [6, 6.07) is 15.1. The molecular weight excluding hydrogens is 398 g/mol.